The molecule has 1 aromatic rings. The lowest BCUT2D eigenvalue weighted by Gasteiger charge is -2.10. The average molecular weight is 219 g/mol. The first-order valence-corrected chi connectivity index (χ1v) is 5.94. The monoisotopic (exact) mass is 219 g/mol. The van der Waals surface area contributed by atoms with E-state index in [1.807, 2.05) is 19.1 Å². The second kappa shape index (κ2) is 7.18. The standard InChI is InChI=1S/C14H21NO/c1-3-4-5-6-7-8-14(16)13-9-12(2)10-15-11-13/h3,9-11,14,16H,1,4-8H2,2H3. The highest BCUT2D eigenvalue weighted by Gasteiger charge is 2.07. The van der Waals surface area contributed by atoms with Crippen LogP contribution in [0.25, 0.3) is 0 Å². The van der Waals surface area contributed by atoms with Gasteiger partial charge >= 0.3 is 0 Å². The Hall–Kier alpha value is -1.15. The van der Waals surface area contributed by atoms with Gasteiger partial charge in [0, 0.05) is 12.4 Å². The maximum absolute atomic E-state index is 9.94. The van der Waals surface area contributed by atoms with E-state index in [1.165, 1.54) is 6.42 Å². The number of rotatable bonds is 7. The van der Waals surface area contributed by atoms with Crippen molar-refractivity contribution in [3.63, 3.8) is 0 Å². The highest BCUT2D eigenvalue weighted by atomic mass is 16.3. The Bertz CT molecular complexity index is 322. The molecule has 0 aliphatic rings. The Morgan fingerprint density at radius 1 is 1.38 bits per heavy atom. The Kier molecular flexibility index (Phi) is 5.79. The smallest absolute Gasteiger partial charge is 0.0805 e. The van der Waals surface area contributed by atoms with E-state index in [4.69, 9.17) is 0 Å². The first-order chi connectivity index (χ1) is 7.74. The van der Waals surface area contributed by atoms with Gasteiger partial charge in [-0.05, 0) is 37.3 Å². The second-order valence-corrected chi connectivity index (χ2v) is 4.24. The minimum absolute atomic E-state index is 0.365. The minimum Gasteiger partial charge on any atom is -0.388 e. The summed E-state index contributed by atoms with van der Waals surface area (Å²) in [6.45, 7) is 5.69. The molecule has 16 heavy (non-hydrogen) atoms. The van der Waals surface area contributed by atoms with Crippen LogP contribution in [0.4, 0.5) is 0 Å². The third kappa shape index (κ3) is 4.58. The fraction of sp³-hybridized carbons (Fsp3) is 0.500. The Morgan fingerprint density at radius 3 is 2.88 bits per heavy atom. The lowest BCUT2D eigenvalue weighted by molar-refractivity contribution is 0.163. The summed E-state index contributed by atoms with van der Waals surface area (Å²) >= 11 is 0. The molecule has 0 amide bonds. The lowest BCUT2D eigenvalue weighted by Crippen LogP contribution is -1.98. The number of aromatic nitrogens is 1. The van der Waals surface area contributed by atoms with Crippen LogP contribution in [0, 0.1) is 6.92 Å². The van der Waals surface area contributed by atoms with Crippen molar-refractivity contribution in [3.8, 4) is 0 Å². The van der Waals surface area contributed by atoms with Gasteiger partial charge in [0.15, 0.2) is 0 Å². The predicted molar refractivity (Wildman–Crippen MR) is 67.2 cm³/mol. The van der Waals surface area contributed by atoms with E-state index in [1.54, 1.807) is 12.4 Å². The number of aryl methyl sites for hydroxylation is 1. The molecule has 0 bridgehead atoms. The Balaban J connectivity index is 2.29. The molecule has 0 saturated heterocycles. The summed E-state index contributed by atoms with van der Waals surface area (Å²) in [6.07, 6.45) is 10.4. The van der Waals surface area contributed by atoms with Gasteiger partial charge < -0.3 is 5.11 Å². The molecule has 0 radical (unpaired) electrons. The average Bonchev–Trinajstić information content (AvgIpc) is 2.28. The van der Waals surface area contributed by atoms with Crippen molar-refractivity contribution < 1.29 is 5.11 Å². The molecule has 1 aromatic heterocycles. The van der Waals surface area contributed by atoms with Gasteiger partial charge in [0.2, 0.25) is 0 Å². The summed E-state index contributed by atoms with van der Waals surface area (Å²) in [6, 6.07) is 2.00. The van der Waals surface area contributed by atoms with Gasteiger partial charge in [-0.15, -0.1) is 6.58 Å². The van der Waals surface area contributed by atoms with Gasteiger partial charge in [-0.1, -0.05) is 25.0 Å². The molecule has 0 aliphatic carbocycles. The number of nitrogens with zero attached hydrogens (tertiary/aromatic N) is 1. The maximum Gasteiger partial charge on any atom is 0.0805 e. The Labute approximate surface area is 98.0 Å². The van der Waals surface area contributed by atoms with Crippen molar-refractivity contribution in [1.29, 1.82) is 0 Å². The molecule has 0 fully saturated rings. The number of allylic oxidation sites excluding steroid dienone is 1. The zero-order chi connectivity index (χ0) is 11.8. The van der Waals surface area contributed by atoms with Crippen LogP contribution in [0.2, 0.25) is 0 Å². The van der Waals surface area contributed by atoms with Crippen molar-refractivity contribution >= 4 is 0 Å². The third-order valence-corrected chi connectivity index (χ3v) is 2.67. The highest BCUT2D eigenvalue weighted by molar-refractivity contribution is 5.18. The van der Waals surface area contributed by atoms with E-state index in [0.29, 0.717) is 0 Å². The van der Waals surface area contributed by atoms with Crippen LogP contribution in [0.15, 0.2) is 31.1 Å². The van der Waals surface area contributed by atoms with Crippen LogP contribution in [0.3, 0.4) is 0 Å². The van der Waals surface area contributed by atoms with Crippen LogP contribution >= 0.6 is 0 Å². The Morgan fingerprint density at radius 2 is 2.19 bits per heavy atom. The maximum atomic E-state index is 9.94. The summed E-state index contributed by atoms with van der Waals surface area (Å²) in [5.74, 6) is 0. The largest absolute Gasteiger partial charge is 0.388 e. The van der Waals surface area contributed by atoms with Crippen LogP contribution in [-0.4, -0.2) is 10.1 Å². The van der Waals surface area contributed by atoms with Gasteiger partial charge in [-0.3, -0.25) is 4.98 Å². The fourth-order valence-electron chi connectivity index (χ4n) is 1.73. The summed E-state index contributed by atoms with van der Waals surface area (Å²) < 4.78 is 0. The molecule has 1 N–H and O–H groups in total. The van der Waals surface area contributed by atoms with Crippen LogP contribution < -0.4 is 0 Å². The number of aliphatic hydroxyl groups is 1. The van der Waals surface area contributed by atoms with E-state index in [-0.39, 0.29) is 6.10 Å². The van der Waals surface area contributed by atoms with Crippen LogP contribution in [0.5, 0.6) is 0 Å². The zero-order valence-corrected chi connectivity index (χ0v) is 10.0. The SMILES string of the molecule is C=CCCCCCC(O)c1cncc(C)c1. The molecule has 0 aromatic carbocycles. The summed E-state index contributed by atoms with van der Waals surface area (Å²) in [4.78, 5) is 4.09. The second-order valence-electron chi connectivity index (χ2n) is 4.24. The quantitative estimate of drug-likeness (QED) is 0.562. The molecule has 88 valence electrons. The molecule has 2 nitrogen and oxygen atoms in total. The number of hydrogen-bond acceptors (Lipinski definition) is 2. The van der Waals surface area contributed by atoms with Crippen molar-refractivity contribution in [2.75, 3.05) is 0 Å². The van der Waals surface area contributed by atoms with E-state index >= 15 is 0 Å². The van der Waals surface area contributed by atoms with Crippen LogP contribution in [-0.2, 0) is 0 Å². The molecular formula is C14H21NO. The molecular weight excluding hydrogens is 198 g/mol. The van der Waals surface area contributed by atoms with Gasteiger partial charge in [0.25, 0.3) is 0 Å². The summed E-state index contributed by atoms with van der Waals surface area (Å²) in [7, 11) is 0. The number of pyridine rings is 1. The van der Waals surface area contributed by atoms with Gasteiger partial charge in [-0.25, -0.2) is 0 Å². The topological polar surface area (TPSA) is 33.1 Å². The normalized spacial score (nSPS) is 12.4. The van der Waals surface area contributed by atoms with E-state index in [2.05, 4.69) is 11.6 Å². The van der Waals surface area contributed by atoms with E-state index in [9.17, 15) is 5.11 Å². The van der Waals surface area contributed by atoms with Gasteiger partial charge in [0.1, 0.15) is 0 Å². The first-order valence-electron chi connectivity index (χ1n) is 5.94. The predicted octanol–water partition coefficient (Wildman–Crippen LogP) is 3.56. The van der Waals surface area contributed by atoms with Crippen LogP contribution in [0.1, 0.15) is 49.3 Å². The minimum atomic E-state index is -0.365. The summed E-state index contributed by atoms with van der Waals surface area (Å²) in [5, 5.41) is 9.94. The zero-order valence-electron chi connectivity index (χ0n) is 10.0. The van der Waals surface area contributed by atoms with E-state index in [0.717, 1.165) is 36.8 Å². The lowest BCUT2D eigenvalue weighted by atomic mass is 10.0. The van der Waals surface area contributed by atoms with Crippen molar-refractivity contribution in [1.82, 2.24) is 4.98 Å². The molecule has 1 unspecified atom stereocenters. The van der Waals surface area contributed by atoms with Gasteiger partial charge in [0.05, 0.1) is 6.10 Å². The molecule has 1 rings (SSSR count). The van der Waals surface area contributed by atoms with Crippen molar-refractivity contribution in [2.24, 2.45) is 0 Å². The summed E-state index contributed by atoms with van der Waals surface area (Å²) in [5.41, 5.74) is 2.03. The molecule has 1 heterocycles. The molecule has 0 spiro atoms. The third-order valence-electron chi connectivity index (χ3n) is 2.67. The molecule has 0 saturated carbocycles. The number of unbranched alkanes of at least 4 members (excludes halogenated alkanes) is 3. The van der Waals surface area contributed by atoms with Crippen molar-refractivity contribution in [3.05, 3.63) is 42.2 Å². The molecule has 1 atom stereocenters. The van der Waals surface area contributed by atoms with E-state index < -0.39 is 0 Å². The van der Waals surface area contributed by atoms with Crippen molar-refractivity contribution in [2.45, 2.75) is 45.1 Å². The molecule has 2 heteroatoms. The first kappa shape index (κ1) is 12.9. The van der Waals surface area contributed by atoms with Gasteiger partial charge in [-0.2, -0.15) is 0 Å². The number of hydrogen-bond donors (Lipinski definition) is 1. The number of aliphatic hydroxyl groups excluding tert-OH is 1. The highest BCUT2D eigenvalue weighted by Crippen LogP contribution is 2.19. The fourth-order valence-corrected chi connectivity index (χ4v) is 1.73. The molecule has 0 aliphatic heterocycles.